The van der Waals surface area contributed by atoms with Gasteiger partial charge in [0.25, 0.3) is 5.91 Å². The van der Waals surface area contributed by atoms with Crippen LogP contribution in [0.15, 0.2) is 66.7 Å². The molecule has 2 heterocycles. The zero-order valence-electron chi connectivity index (χ0n) is 38.5. The number of hydrogen-bond acceptors (Lipinski definition) is 11. The molecule has 17 nitrogen and oxygen atoms in total. The molecule has 0 bridgehead atoms. The number of piperidine rings is 1. The Bertz CT molecular complexity index is 2240. The van der Waals surface area contributed by atoms with Gasteiger partial charge in [-0.2, -0.15) is 5.21 Å². The molecule has 1 aliphatic carbocycles. The molecule has 2 aliphatic rings. The molecule has 5 N–H and O–H groups in total. The number of benzene rings is 3. The second-order valence-corrected chi connectivity index (χ2v) is 18.7. The molecule has 3 aromatic carbocycles. The molecule has 1 aromatic heterocycles. The van der Waals surface area contributed by atoms with Gasteiger partial charge < -0.3 is 40.4 Å². The molecule has 0 spiro atoms. The number of anilines is 1. The molecule has 0 unspecified atom stereocenters. The van der Waals surface area contributed by atoms with Crippen LogP contribution in [0.4, 0.5) is 15.3 Å². The fourth-order valence-corrected chi connectivity index (χ4v) is 7.92. The van der Waals surface area contributed by atoms with Crippen LogP contribution in [0.1, 0.15) is 103 Å². The van der Waals surface area contributed by atoms with Gasteiger partial charge in [-0.25, -0.2) is 9.59 Å². The van der Waals surface area contributed by atoms with Crippen molar-refractivity contribution in [2.24, 2.45) is 11.8 Å². The van der Waals surface area contributed by atoms with Crippen molar-refractivity contribution < 1.29 is 38.2 Å². The minimum Gasteiger partial charge on any atom is -0.493 e. The summed E-state index contributed by atoms with van der Waals surface area (Å²) in [6.45, 7) is 14.7. The second-order valence-electron chi connectivity index (χ2n) is 18.7. The number of rotatable bonds is 14. The number of nitrogens with zero attached hydrogens (tertiary/aromatic N) is 4. The molecule has 348 valence electrons. The van der Waals surface area contributed by atoms with E-state index >= 15 is 0 Å². The highest BCUT2D eigenvalue weighted by atomic mass is 16.6. The van der Waals surface area contributed by atoms with Crippen molar-refractivity contribution in [3.63, 3.8) is 0 Å². The fourth-order valence-electron chi connectivity index (χ4n) is 7.92. The Labute approximate surface area is 380 Å². The number of aromatic amines is 1. The highest BCUT2D eigenvalue weighted by Gasteiger charge is 2.31. The van der Waals surface area contributed by atoms with E-state index in [2.05, 4.69) is 41.9 Å². The van der Waals surface area contributed by atoms with E-state index in [1.54, 1.807) is 41.3 Å². The lowest BCUT2D eigenvalue weighted by Crippen LogP contribution is -2.48. The van der Waals surface area contributed by atoms with Crippen molar-refractivity contribution in [3.8, 4) is 28.3 Å². The van der Waals surface area contributed by atoms with Crippen LogP contribution in [0.25, 0.3) is 22.5 Å². The average molecular weight is 894 g/mol. The minimum atomic E-state index is -0.891. The molecular formula is C48H63N9O8. The largest absolute Gasteiger partial charge is 0.493 e. The van der Waals surface area contributed by atoms with E-state index in [0.717, 1.165) is 35.1 Å². The average Bonchev–Trinajstić information content (AvgIpc) is 3.81. The number of carbonyl (C=O) groups excluding carboxylic acids is 5. The number of H-pyrrole nitrogens is 1. The maximum atomic E-state index is 14.0. The van der Waals surface area contributed by atoms with Crippen molar-refractivity contribution in [3.05, 3.63) is 77.9 Å². The van der Waals surface area contributed by atoms with Gasteiger partial charge in [-0.05, 0) is 152 Å². The van der Waals surface area contributed by atoms with E-state index < -0.39 is 23.3 Å². The predicted molar refractivity (Wildman–Crippen MR) is 245 cm³/mol. The Balaban J connectivity index is 1.10. The molecule has 1 saturated carbocycles. The van der Waals surface area contributed by atoms with Crippen LogP contribution in [0, 0.1) is 11.8 Å². The summed E-state index contributed by atoms with van der Waals surface area (Å²) in [5.41, 5.74) is 3.03. The first kappa shape index (κ1) is 47.9. The summed E-state index contributed by atoms with van der Waals surface area (Å²) in [4.78, 5) is 67.6. The third-order valence-corrected chi connectivity index (χ3v) is 11.3. The molecule has 65 heavy (non-hydrogen) atoms. The Kier molecular flexibility index (Phi) is 15.8. The number of aromatic nitrogens is 4. The minimum absolute atomic E-state index is 0.0854. The molecule has 17 heteroatoms. The summed E-state index contributed by atoms with van der Waals surface area (Å²) in [6, 6.07) is 19.2. The van der Waals surface area contributed by atoms with E-state index in [9.17, 15) is 24.0 Å². The standard InChI is InChI=1S/C48H63N9O8/c1-8-63-40-28-35(43(59)50-37-23-25-57(26-24-37)46(62)65-48(5,6)7)19-22-38(40)32-13-9-30(10-14-32)27-39(44(60)51-36-20-17-33(18-21-36)41-53-55-56-54-41)52-42(58)34-15-11-31(12-16-34)29-49-45(61)64-47(2,3)4/h9-10,13-14,17-22,28,31,34,37,39H,8,11-12,15-16,23-27,29H2,1-7H3,(H,49,61)(H,50,59)(H,51,60)(H,52,58)(H,53,54,55,56)/t31?,34?,39-/m0/s1. The Morgan fingerprint density at radius 2 is 1.48 bits per heavy atom. The van der Waals surface area contributed by atoms with Gasteiger partial charge in [-0.15, -0.1) is 10.2 Å². The highest BCUT2D eigenvalue weighted by molar-refractivity contribution is 5.98. The number of tetrazole rings is 1. The maximum absolute atomic E-state index is 14.0. The van der Waals surface area contributed by atoms with E-state index in [1.165, 1.54) is 0 Å². The van der Waals surface area contributed by atoms with Gasteiger partial charge in [0.2, 0.25) is 17.6 Å². The van der Waals surface area contributed by atoms with Gasteiger partial charge in [0.1, 0.15) is 23.0 Å². The summed E-state index contributed by atoms with van der Waals surface area (Å²) >= 11 is 0. The zero-order chi connectivity index (χ0) is 46.7. The van der Waals surface area contributed by atoms with E-state index in [0.29, 0.717) is 74.7 Å². The summed E-state index contributed by atoms with van der Waals surface area (Å²) < 4.78 is 16.9. The molecule has 1 atom stereocenters. The first-order valence-corrected chi connectivity index (χ1v) is 22.5. The van der Waals surface area contributed by atoms with Crippen LogP contribution in [-0.4, -0.2) is 105 Å². The van der Waals surface area contributed by atoms with Crippen molar-refractivity contribution in [1.29, 1.82) is 0 Å². The summed E-state index contributed by atoms with van der Waals surface area (Å²) in [6.07, 6.45) is 3.43. The number of amides is 5. The topological polar surface area (TPSA) is 219 Å². The monoisotopic (exact) mass is 893 g/mol. The van der Waals surface area contributed by atoms with Crippen LogP contribution in [-0.2, 0) is 25.5 Å². The van der Waals surface area contributed by atoms with Gasteiger partial charge in [0.15, 0.2) is 0 Å². The molecule has 6 rings (SSSR count). The number of hydrogen-bond donors (Lipinski definition) is 5. The molecule has 1 saturated heterocycles. The van der Waals surface area contributed by atoms with Gasteiger partial charge >= 0.3 is 12.2 Å². The van der Waals surface area contributed by atoms with Crippen molar-refractivity contribution in [2.75, 3.05) is 31.6 Å². The van der Waals surface area contributed by atoms with E-state index in [1.807, 2.05) is 78.8 Å². The van der Waals surface area contributed by atoms with Gasteiger partial charge in [0, 0.05) is 60.4 Å². The van der Waals surface area contributed by atoms with Crippen molar-refractivity contribution in [2.45, 2.75) is 117 Å². The number of carbonyl (C=O) groups is 5. The van der Waals surface area contributed by atoms with E-state index in [-0.39, 0.29) is 48.1 Å². The number of nitrogens with one attached hydrogen (secondary N) is 5. The van der Waals surface area contributed by atoms with Crippen LogP contribution >= 0.6 is 0 Å². The molecule has 4 aromatic rings. The van der Waals surface area contributed by atoms with Crippen LogP contribution in [0.3, 0.4) is 0 Å². The summed E-state index contributed by atoms with van der Waals surface area (Å²) in [7, 11) is 0. The van der Waals surface area contributed by atoms with Crippen molar-refractivity contribution in [1.82, 2.24) is 41.5 Å². The number of ether oxygens (including phenoxy) is 3. The molecule has 5 amide bonds. The van der Waals surface area contributed by atoms with Gasteiger partial charge in [-0.3, -0.25) is 14.4 Å². The third kappa shape index (κ3) is 14.2. The summed E-state index contributed by atoms with van der Waals surface area (Å²) in [5, 5.41) is 26.0. The smallest absolute Gasteiger partial charge is 0.410 e. The molecule has 2 fully saturated rings. The number of likely N-dealkylation sites (tertiary alicyclic amines) is 1. The van der Waals surface area contributed by atoms with Crippen molar-refractivity contribution >= 4 is 35.6 Å². The lowest BCUT2D eigenvalue weighted by atomic mass is 9.81. The zero-order valence-corrected chi connectivity index (χ0v) is 38.5. The van der Waals surface area contributed by atoms with Crippen LogP contribution < -0.4 is 26.0 Å². The normalized spacial score (nSPS) is 17.3. The van der Waals surface area contributed by atoms with E-state index in [4.69, 9.17) is 14.2 Å². The Morgan fingerprint density at radius 3 is 2.09 bits per heavy atom. The maximum Gasteiger partial charge on any atom is 0.410 e. The fraction of sp³-hybridized carbons (Fsp3) is 0.500. The molecular weight excluding hydrogens is 831 g/mol. The van der Waals surface area contributed by atoms with Crippen LogP contribution in [0.5, 0.6) is 5.75 Å². The lowest BCUT2D eigenvalue weighted by Gasteiger charge is -2.33. The third-order valence-electron chi connectivity index (χ3n) is 11.3. The lowest BCUT2D eigenvalue weighted by molar-refractivity contribution is -0.130. The number of alkyl carbamates (subject to hydrolysis) is 1. The summed E-state index contributed by atoms with van der Waals surface area (Å²) in [5.74, 6) is 0.138. The Hall–Kier alpha value is -6.52. The van der Waals surface area contributed by atoms with Gasteiger partial charge in [-0.1, -0.05) is 24.3 Å². The highest BCUT2D eigenvalue weighted by Crippen LogP contribution is 2.33. The first-order valence-electron chi connectivity index (χ1n) is 22.5. The van der Waals surface area contributed by atoms with Gasteiger partial charge in [0.05, 0.1) is 6.61 Å². The second kappa shape index (κ2) is 21.4. The molecule has 1 aliphatic heterocycles. The molecule has 0 radical (unpaired) electrons. The van der Waals surface area contributed by atoms with Crippen LogP contribution in [0.2, 0.25) is 0 Å². The Morgan fingerprint density at radius 1 is 0.815 bits per heavy atom. The predicted octanol–water partition coefficient (Wildman–Crippen LogP) is 7.06. The SMILES string of the molecule is CCOc1cc(C(=O)NC2CCN(C(=O)OC(C)(C)C)CC2)ccc1-c1ccc(C[C@H](NC(=O)C2CCC(CNC(=O)OC(C)(C)C)CC2)C(=O)Nc2ccc(-c3nn[nH]n3)cc2)cc1. The quantitative estimate of drug-likeness (QED) is 0.0863. The first-order chi connectivity index (χ1) is 30.9.